The van der Waals surface area contributed by atoms with E-state index in [9.17, 15) is 14.9 Å². The molecule has 1 aromatic heterocycles. The molecule has 0 amide bonds. The molecule has 0 radical (unpaired) electrons. The van der Waals surface area contributed by atoms with Gasteiger partial charge in [0.25, 0.3) is 5.69 Å². The molecular weight excluding hydrogens is 224 g/mol. The number of rotatable bonds is 4. The van der Waals surface area contributed by atoms with E-state index < -0.39 is 4.92 Å². The van der Waals surface area contributed by atoms with Crippen molar-refractivity contribution in [1.82, 2.24) is 15.2 Å². The first kappa shape index (κ1) is 10.9. The van der Waals surface area contributed by atoms with Crippen molar-refractivity contribution in [1.29, 1.82) is 0 Å². The number of aromatic nitrogens is 3. The topological polar surface area (TPSA) is 102 Å². The number of nitrogens with zero attached hydrogens (tertiary/aromatic N) is 3. The standard InChI is InChI=1S/C10H8N4O3/c15-6-5-9-11-10(13-12-9)7-1-3-8(4-2-7)14(16)17/h1-4,6H,5H2,(H,11,12,13). The van der Waals surface area contributed by atoms with E-state index in [1.165, 1.54) is 12.1 Å². The van der Waals surface area contributed by atoms with Crippen LogP contribution in [0, 0.1) is 10.1 Å². The van der Waals surface area contributed by atoms with Gasteiger partial charge in [0, 0.05) is 17.7 Å². The number of H-pyrrole nitrogens is 1. The first-order chi connectivity index (χ1) is 8.20. The second kappa shape index (κ2) is 4.52. The van der Waals surface area contributed by atoms with Crippen LogP contribution < -0.4 is 0 Å². The van der Waals surface area contributed by atoms with E-state index in [2.05, 4.69) is 15.2 Å². The zero-order valence-electron chi connectivity index (χ0n) is 8.66. The van der Waals surface area contributed by atoms with Crippen LogP contribution in [-0.4, -0.2) is 26.4 Å². The van der Waals surface area contributed by atoms with E-state index >= 15 is 0 Å². The molecule has 0 aliphatic heterocycles. The zero-order chi connectivity index (χ0) is 12.3. The number of benzene rings is 1. The van der Waals surface area contributed by atoms with E-state index in [-0.39, 0.29) is 12.1 Å². The molecule has 0 aliphatic rings. The minimum atomic E-state index is -0.473. The van der Waals surface area contributed by atoms with E-state index in [0.717, 1.165) is 6.29 Å². The molecule has 1 aromatic carbocycles. The number of carbonyl (C=O) groups excluding carboxylic acids is 1. The van der Waals surface area contributed by atoms with Crippen molar-refractivity contribution in [2.45, 2.75) is 6.42 Å². The molecule has 1 N–H and O–H groups in total. The lowest BCUT2D eigenvalue weighted by Gasteiger charge is -1.94. The minimum absolute atomic E-state index is 0.0115. The number of aldehydes is 1. The zero-order valence-corrected chi connectivity index (χ0v) is 8.66. The molecule has 0 unspecified atom stereocenters. The Bertz CT molecular complexity index is 547. The largest absolute Gasteiger partial charge is 0.303 e. The summed E-state index contributed by atoms with van der Waals surface area (Å²) in [6.07, 6.45) is 0.889. The van der Waals surface area contributed by atoms with Gasteiger partial charge in [-0.2, -0.15) is 5.10 Å². The molecule has 0 saturated carbocycles. The van der Waals surface area contributed by atoms with Crippen LogP contribution in [0.3, 0.4) is 0 Å². The van der Waals surface area contributed by atoms with Crippen molar-refractivity contribution >= 4 is 12.0 Å². The lowest BCUT2D eigenvalue weighted by atomic mass is 10.2. The van der Waals surface area contributed by atoms with Crippen molar-refractivity contribution in [3.8, 4) is 11.4 Å². The second-order valence-electron chi connectivity index (χ2n) is 3.28. The van der Waals surface area contributed by atoms with Crippen molar-refractivity contribution in [3.63, 3.8) is 0 Å². The number of non-ortho nitro benzene ring substituents is 1. The molecule has 17 heavy (non-hydrogen) atoms. The van der Waals surface area contributed by atoms with E-state index in [1.54, 1.807) is 12.1 Å². The molecule has 7 nitrogen and oxygen atoms in total. The maximum atomic E-state index is 10.5. The monoisotopic (exact) mass is 232 g/mol. The Labute approximate surface area is 95.6 Å². The van der Waals surface area contributed by atoms with Gasteiger partial charge in [-0.15, -0.1) is 0 Å². The molecule has 0 bridgehead atoms. The van der Waals surface area contributed by atoms with Gasteiger partial charge in [0.1, 0.15) is 12.1 Å². The Balaban J connectivity index is 2.26. The van der Waals surface area contributed by atoms with Crippen molar-refractivity contribution < 1.29 is 9.72 Å². The molecule has 0 saturated heterocycles. The van der Waals surface area contributed by atoms with Gasteiger partial charge in [0.2, 0.25) is 0 Å². The summed E-state index contributed by atoms with van der Waals surface area (Å²) in [5, 5.41) is 17.0. The molecule has 0 fully saturated rings. The van der Waals surface area contributed by atoms with Crippen molar-refractivity contribution in [3.05, 3.63) is 40.2 Å². The van der Waals surface area contributed by atoms with Crippen LogP contribution in [0.1, 0.15) is 5.82 Å². The highest BCUT2D eigenvalue weighted by atomic mass is 16.6. The molecule has 0 atom stereocenters. The molecular formula is C10H8N4O3. The second-order valence-corrected chi connectivity index (χ2v) is 3.28. The van der Waals surface area contributed by atoms with Gasteiger partial charge in [0.15, 0.2) is 5.82 Å². The van der Waals surface area contributed by atoms with Crippen LogP contribution in [0.25, 0.3) is 11.4 Å². The molecule has 86 valence electrons. The summed E-state index contributed by atoms with van der Waals surface area (Å²) >= 11 is 0. The predicted octanol–water partition coefficient (Wildman–Crippen LogP) is 1.12. The molecule has 2 rings (SSSR count). The van der Waals surface area contributed by atoms with Crippen LogP contribution in [-0.2, 0) is 11.2 Å². The van der Waals surface area contributed by atoms with Gasteiger partial charge >= 0.3 is 0 Å². The molecule has 0 aliphatic carbocycles. The van der Waals surface area contributed by atoms with Gasteiger partial charge in [-0.1, -0.05) is 0 Å². The van der Waals surface area contributed by atoms with E-state index in [0.29, 0.717) is 17.2 Å². The number of hydrogen-bond donors (Lipinski definition) is 1. The highest BCUT2D eigenvalue weighted by Gasteiger charge is 2.08. The highest BCUT2D eigenvalue weighted by molar-refractivity contribution is 5.58. The number of nitro groups is 1. The number of nitrogens with one attached hydrogen (secondary N) is 1. The molecule has 7 heteroatoms. The molecule has 0 spiro atoms. The fourth-order valence-corrected chi connectivity index (χ4v) is 1.33. The van der Waals surface area contributed by atoms with Crippen LogP contribution >= 0.6 is 0 Å². The smallest absolute Gasteiger partial charge is 0.269 e. The summed E-state index contributed by atoms with van der Waals surface area (Å²) in [4.78, 5) is 24.3. The third kappa shape index (κ3) is 2.33. The van der Waals surface area contributed by atoms with Gasteiger partial charge in [-0.25, -0.2) is 4.98 Å². The van der Waals surface area contributed by atoms with Crippen LogP contribution in [0.5, 0.6) is 0 Å². The SMILES string of the molecule is O=CCc1nc(-c2ccc([N+](=O)[O-])cc2)n[nH]1. The van der Waals surface area contributed by atoms with Gasteiger partial charge in [-0.3, -0.25) is 15.2 Å². The van der Waals surface area contributed by atoms with E-state index in [1.807, 2.05) is 0 Å². The molecule has 2 aromatic rings. The lowest BCUT2D eigenvalue weighted by molar-refractivity contribution is -0.384. The van der Waals surface area contributed by atoms with Crippen molar-refractivity contribution in [2.75, 3.05) is 0 Å². The average molecular weight is 232 g/mol. The maximum absolute atomic E-state index is 10.5. The Morgan fingerprint density at radius 3 is 2.65 bits per heavy atom. The molecule has 1 heterocycles. The normalized spacial score (nSPS) is 10.1. The quantitative estimate of drug-likeness (QED) is 0.483. The van der Waals surface area contributed by atoms with Gasteiger partial charge in [0.05, 0.1) is 11.3 Å². The number of hydrogen-bond acceptors (Lipinski definition) is 5. The third-order valence-electron chi connectivity index (χ3n) is 2.14. The average Bonchev–Trinajstić information content (AvgIpc) is 2.78. The lowest BCUT2D eigenvalue weighted by Crippen LogP contribution is -1.89. The Morgan fingerprint density at radius 1 is 1.35 bits per heavy atom. The van der Waals surface area contributed by atoms with Crippen LogP contribution in [0.2, 0.25) is 0 Å². The van der Waals surface area contributed by atoms with Gasteiger partial charge < -0.3 is 4.79 Å². The fraction of sp³-hybridized carbons (Fsp3) is 0.100. The fourth-order valence-electron chi connectivity index (χ4n) is 1.33. The summed E-state index contributed by atoms with van der Waals surface area (Å²) < 4.78 is 0. The maximum Gasteiger partial charge on any atom is 0.269 e. The van der Waals surface area contributed by atoms with Crippen LogP contribution in [0.15, 0.2) is 24.3 Å². The van der Waals surface area contributed by atoms with Gasteiger partial charge in [-0.05, 0) is 12.1 Å². The summed E-state index contributed by atoms with van der Waals surface area (Å²) in [7, 11) is 0. The first-order valence-electron chi connectivity index (χ1n) is 4.80. The van der Waals surface area contributed by atoms with E-state index in [4.69, 9.17) is 0 Å². The first-order valence-corrected chi connectivity index (χ1v) is 4.80. The highest BCUT2D eigenvalue weighted by Crippen LogP contribution is 2.18. The third-order valence-corrected chi connectivity index (χ3v) is 2.14. The number of nitro benzene ring substituents is 1. The predicted molar refractivity (Wildman–Crippen MR) is 58.2 cm³/mol. The summed E-state index contributed by atoms with van der Waals surface area (Å²) in [5.41, 5.74) is 0.668. The summed E-state index contributed by atoms with van der Waals surface area (Å²) in [6.45, 7) is 0. The summed E-state index contributed by atoms with van der Waals surface area (Å²) in [6, 6.07) is 5.88. The summed E-state index contributed by atoms with van der Waals surface area (Å²) in [5.74, 6) is 0.880. The van der Waals surface area contributed by atoms with Crippen LogP contribution in [0.4, 0.5) is 5.69 Å². The Kier molecular flexibility index (Phi) is 2.91. The minimum Gasteiger partial charge on any atom is -0.303 e. The van der Waals surface area contributed by atoms with Crippen molar-refractivity contribution in [2.24, 2.45) is 0 Å². The number of carbonyl (C=O) groups is 1. The Morgan fingerprint density at radius 2 is 2.06 bits per heavy atom. The number of aromatic amines is 1. The Hall–Kier alpha value is -2.57.